The van der Waals surface area contributed by atoms with Crippen LogP contribution in [0.1, 0.15) is 29.6 Å². The maximum Gasteiger partial charge on any atom is 0.339 e. The van der Waals surface area contributed by atoms with Gasteiger partial charge in [0.05, 0.1) is 17.6 Å². The van der Waals surface area contributed by atoms with Gasteiger partial charge >= 0.3 is 5.97 Å². The summed E-state index contributed by atoms with van der Waals surface area (Å²) in [6, 6.07) is 4.74. The number of nitrogens with one attached hydrogen (secondary N) is 1. The van der Waals surface area contributed by atoms with Crippen LogP contribution in [0.2, 0.25) is 5.02 Å². The Morgan fingerprint density at radius 3 is 2.78 bits per heavy atom. The number of rotatable bonds is 3. The Balaban J connectivity index is 1.98. The third-order valence-electron chi connectivity index (χ3n) is 4.45. The van der Waals surface area contributed by atoms with Gasteiger partial charge in [0.15, 0.2) is 0 Å². The second-order valence-electron chi connectivity index (χ2n) is 5.92. The lowest BCUT2D eigenvalue weighted by molar-refractivity contribution is 0.0596. The number of hydrogen-bond donors (Lipinski definition) is 1. The number of esters is 1. The smallest absolute Gasteiger partial charge is 0.339 e. The third kappa shape index (κ3) is 3.24. The van der Waals surface area contributed by atoms with E-state index in [4.69, 9.17) is 16.3 Å². The van der Waals surface area contributed by atoms with E-state index in [9.17, 15) is 13.2 Å². The molecule has 0 spiro atoms. The zero-order valence-corrected chi connectivity index (χ0v) is 14.4. The molecule has 126 valence electrons. The van der Waals surface area contributed by atoms with Crippen molar-refractivity contribution in [2.45, 2.75) is 36.2 Å². The monoisotopic (exact) mass is 358 g/mol. The number of nitrogens with zero attached hydrogens (tertiary/aromatic N) is 1. The molecule has 3 rings (SSSR count). The first kappa shape index (κ1) is 16.7. The molecule has 2 atom stereocenters. The average Bonchev–Trinajstić information content (AvgIpc) is 2.84. The molecule has 0 radical (unpaired) electrons. The van der Waals surface area contributed by atoms with Crippen molar-refractivity contribution >= 4 is 27.6 Å². The normalized spacial score (nSPS) is 25.1. The highest BCUT2D eigenvalue weighted by Crippen LogP contribution is 2.28. The molecule has 8 heteroatoms. The van der Waals surface area contributed by atoms with Gasteiger partial charge in [-0.05, 0) is 37.5 Å². The molecule has 2 unspecified atom stereocenters. The first-order valence-electron chi connectivity index (χ1n) is 7.56. The molecule has 2 aliphatic rings. The third-order valence-corrected chi connectivity index (χ3v) is 6.61. The molecule has 23 heavy (non-hydrogen) atoms. The second kappa shape index (κ2) is 6.39. The summed E-state index contributed by atoms with van der Waals surface area (Å²) in [6.07, 6.45) is 2.84. The molecule has 2 aliphatic heterocycles. The second-order valence-corrected chi connectivity index (χ2v) is 8.26. The van der Waals surface area contributed by atoms with E-state index >= 15 is 0 Å². The molecule has 2 fully saturated rings. The van der Waals surface area contributed by atoms with Gasteiger partial charge in [-0.25, -0.2) is 13.2 Å². The Hall–Kier alpha value is -1.15. The Labute approximate surface area is 140 Å². The lowest BCUT2D eigenvalue weighted by atomic mass is 10.1. The summed E-state index contributed by atoms with van der Waals surface area (Å²) in [5.74, 6) is -0.708. The number of benzene rings is 1. The molecule has 6 nitrogen and oxygen atoms in total. The summed E-state index contributed by atoms with van der Waals surface area (Å²) < 4.78 is 32.2. The van der Waals surface area contributed by atoms with Gasteiger partial charge in [0.2, 0.25) is 10.0 Å². The number of sulfonamides is 1. The highest BCUT2D eigenvalue weighted by Gasteiger charge is 2.36. The minimum atomic E-state index is -3.78. The van der Waals surface area contributed by atoms with E-state index in [1.165, 1.54) is 29.6 Å². The van der Waals surface area contributed by atoms with Crippen molar-refractivity contribution in [3.8, 4) is 0 Å². The van der Waals surface area contributed by atoms with Crippen LogP contribution in [0.3, 0.4) is 0 Å². The summed E-state index contributed by atoms with van der Waals surface area (Å²) in [6.45, 7) is 0.863. The van der Waals surface area contributed by atoms with Crippen LogP contribution in [0.15, 0.2) is 23.1 Å². The molecular formula is C15H19ClN2O4S. The van der Waals surface area contributed by atoms with E-state index in [1.807, 2.05) is 0 Å². The van der Waals surface area contributed by atoms with Crippen LogP contribution in [0.25, 0.3) is 0 Å². The van der Waals surface area contributed by atoms with E-state index in [0.717, 1.165) is 19.3 Å². The number of fused-ring (bicyclic) bond motifs is 2. The highest BCUT2D eigenvalue weighted by atomic mass is 35.5. The summed E-state index contributed by atoms with van der Waals surface area (Å²) in [5.41, 5.74) is -0.0256. The molecule has 0 aliphatic carbocycles. The lowest BCUT2D eigenvalue weighted by Crippen LogP contribution is -2.39. The van der Waals surface area contributed by atoms with Gasteiger partial charge in [0, 0.05) is 30.2 Å². The first-order chi connectivity index (χ1) is 10.9. The Bertz CT molecular complexity index is 722. The van der Waals surface area contributed by atoms with Gasteiger partial charge in [-0.15, -0.1) is 0 Å². The van der Waals surface area contributed by atoms with Crippen molar-refractivity contribution in [1.82, 2.24) is 9.62 Å². The van der Waals surface area contributed by atoms with Gasteiger partial charge in [-0.2, -0.15) is 4.31 Å². The van der Waals surface area contributed by atoms with Crippen molar-refractivity contribution in [1.29, 1.82) is 0 Å². The predicted molar refractivity (Wildman–Crippen MR) is 86.1 cm³/mol. The molecule has 0 aromatic heterocycles. The molecule has 0 saturated carbocycles. The van der Waals surface area contributed by atoms with Gasteiger partial charge in [0.25, 0.3) is 0 Å². The number of methoxy groups -OCH3 is 1. The molecule has 0 amide bonds. The van der Waals surface area contributed by atoms with Crippen molar-refractivity contribution in [2.75, 3.05) is 20.2 Å². The number of ether oxygens (including phenoxy) is 1. The van der Waals surface area contributed by atoms with Crippen LogP contribution in [-0.2, 0) is 14.8 Å². The zero-order valence-electron chi connectivity index (χ0n) is 12.8. The first-order valence-corrected chi connectivity index (χ1v) is 9.37. The Morgan fingerprint density at radius 2 is 2.04 bits per heavy atom. The van der Waals surface area contributed by atoms with Crippen LogP contribution in [-0.4, -0.2) is 51.0 Å². The minimum absolute atomic E-state index is 0.0256. The van der Waals surface area contributed by atoms with Crippen LogP contribution >= 0.6 is 11.6 Å². The van der Waals surface area contributed by atoms with Gasteiger partial charge in [-0.1, -0.05) is 11.6 Å². The number of carbonyl (C=O) groups is 1. The van der Waals surface area contributed by atoms with Crippen LogP contribution in [0.4, 0.5) is 0 Å². The maximum atomic E-state index is 13.0. The topological polar surface area (TPSA) is 75.7 Å². The molecule has 1 aromatic carbocycles. The molecule has 2 bridgehead atoms. The van der Waals surface area contributed by atoms with Gasteiger partial charge in [-0.3, -0.25) is 0 Å². The SMILES string of the molecule is COC(=O)c1cc(Cl)ccc1S(=O)(=O)N1CCC2CCC(C1)N2. The Kier molecular flexibility index (Phi) is 4.64. The van der Waals surface area contributed by atoms with Crippen LogP contribution < -0.4 is 5.32 Å². The fourth-order valence-electron chi connectivity index (χ4n) is 3.26. The van der Waals surface area contributed by atoms with E-state index in [0.29, 0.717) is 24.2 Å². The van der Waals surface area contributed by atoms with Gasteiger partial charge in [0.1, 0.15) is 0 Å². The quantitative estimate of drug-likeness (QED) is 0.831. The summed E-state index contributed by atoms with van der Waals surface area (Å²) in [5, 5.41) is 3.74. The molecule has 1 N–H and O–H groups in total. The zero-order chi connectivity index (χ0) is 16.6. The molecule has 1 aromatic rings. The largest absolute Gasteiger partial charge is 0.465 e. The highest BCUT2D eigenvalue weighted by molar-refractivity contribution is 7.89. The van der Waals surface area contributed by atoms with Crippen molar-refractivity contribution in [3.63, 3.8) is 0 Å². The fraction of sp³-hybridized carbons (Fsp3) is 0.533. The standard InChI is InChI=1S/C15H19ClN2O4S/c1-22-15(19)13-8-10(16)2-5-14(13)23(20,21)18-7-6-11-3-4-12(9-18)17-11/h2,5,8,11-12,17H,3-4,6-7,9H2,1H3. The van der Waals surface area contributed by atoms with Crippen LogP contribution in [0, 0.1) is 0 Å². The van der Waals surface area contributed by atoms with Gasteiger partial charge < -0.3 is 10.1 Å². The van der Waals surface area contributed by atoms with E-state index in [2.05, 4.69) is 5.32 Å². The molecule has 2 heterocycles. The van der Waals surface area contributed by atoms with Crippen molar-refractivity contribution in [3.05, 3.63) is 28.8 Å². The van der Waals surface area contributed by atoms with Crippen molar-refractivity contribution in [2.24, 2.45) is 0 Å². The number of hydrogen-bond acceptors (Lipinski definition) is 5. The average molecular weight is 359 g/mol. The summed E-state index contributed by atoms with van der Waals surface area (Å²) >= 11 is 5.91. The lowest BCUT2D eigenvalue weighted by Gasteiger charge is -2.24. The van der Waals surface area contributed by atoms with E-state index in [-0.39, 0.29) is 16.5 Å². The number of carbonyl (C=O) groups excluding carboxylic acids is 1. The molecular weight excluding hydrogens is 340 g/mol. The summed E-state index contributed by atoms with van der Waals surface area (Å²) in [4.78, 5) is 11.9. The van der Waals surface area contributed by atoms with Crippen molar-refractivity contribution < 1.29 is 17.9 Å². The van der Waals surface area contributed by atoms with Crippen LogP contribution in [0.5, 0.6) is 0 Å². The van der Waals surface area contributed by atoms with E-state index < -0.39 is 16.0 Å². The predicted octanol–water partition coefficient (Wildman–Crippen LogP) is 1.64. The minimum Gasteiger partial charge on any atom is -0.465 e. The number of halogens is 1. The molecule has 2 saturated heterocycles. The summed E-state index contributed by atoms with van der Waals surface area (Å²) in [7, 11) is -2.56. The maximum absolute atomic E-state index is 13.0. The Morgan fingerprint density at radius 1 is 1.30 bits per heavy atom. The fourth-order valence-corrected chi connectivity index (χ4v) is 5.10. The van der Waals surface area contributed by atoms with E-state index in [1.54, 1.807) is 0 Å².